The lowest BCUT2D eigenvalue weighted by Gasteiger charge is -2.46. The van der Waals surface area contributed by atoms with Crippen LogP contribution in [0.2, 0.25) is 10.0 Å². The highest BCUT2D eigenvalue weighted by molar-refractivity contribution is 7.21. The summed E-state index contributed by atoms with van der Waals surface area (Å²) in [6.45, 7) is 1.76. The van der Waals surface area contributed by atoms with Crippen molar-refractivity contribution in [1.29, 1.82) is 0 Å². The van der Waals surface area contributed by atoms with Crippen LogP contribution in [0.5, 0.6) is 0 Å². The minimum atomic E-state index is -1.03. The monoisotopic (exact) mass is 553 g/mol. The lowest BCUT2D eigenvalue weighted by molar-refractivity contribution is 0.0691. The van der Waals surface area contributed by atoms with E-state index in [9.17, 15) is 9.90 Å². The number of hydrogen-bond donors (Lipinski definition) is 1. The van der Waals surface area contributed by atoms with Gasteiger partial charge in [-0.25, -0.2) is 14.8 Å². The zero-order valence-corrected chi connectivity index (χ0v) is 21.9. The second-order valence-electron chi connectivity index (χ2n) is 10.0. The Bertz CT molecular complexity index is 1580. The highest BCUT2D eigenvalue weighted by atomic mass is 35.5. The Kier molecular flexibility index (Phi) is 5.32. The zero-order chi connectivity index (χ0) is 25.3. The van der Waals surface area contributed by atoms with Gasteiger partial charge in [-0.2, -0.15) is 0 Å². The topological polar surface area (TPSA) is 105 Å². The minimum Gasteiger partial charge on any atom is -0.477 e. The average Bonchev–Trinajstić information content (AvgIpc) is 3.48. The lowest BCUT2D eigenvalue weighted by atomic mass is 9.63. The van der Waals surface area contributed by atoms with Crippen LogP contribution in [0.3, 0.4) is 0 Å². The summed E-state index contributed by atoms with van der Waals surface area (Å²) in [5.74, 6) is 0.322. The summed E-state index contributed by atoms with van der Waals surface area (Å²) in [6.07, 6.45) is 10.8. The molecule has 1 saturated carbocycles. The van der Waals surface area contributed by atoms with E-state index in [1.807, 2.05) is 0 Å². The van der Waals surface area contributed by atoms with Gasteiger partial charge in [0, 0.05) is 42.5 Å². The molecule has 0 radical (unpaired) electrons. The van der Waals surface area contributed by atoms with Crippen LogP contribution in [0.25, 0.3) is 27.2 Å². The van der Waals surface area contributed by atoms with Crippen LogP contribution in [0.1, 0.15) is 59.8 Å². The molecule has 4 aromatic heterocycles. The van der Waals surface area contributed by atoms with E-state index in [0.717, 1.165) is 67.2 Å². The normalized spacial score (nSPS) is 18.8. The molecule has 188 valence electrons. The maximum Gasteiger partial charge on any atom is 0.354 e. The van der Waals surface area contributed by atoms with Crippen LogP contribution in [0, 0.1) is 5.41 Å². The van der Waals surface area contributed by atoms with Crippen molar-refractivity contribution in [2.75, 3.05) is 18.0 Å². The number of allylic oxidation sites excluding steroid dienone is 2. The van der Waals surface area contributed by atoms with Gasteiger partial charge in [-0.15, -0.1) is 0 Å². The number of anilines is 1. The number of rotatable bonds is 5. The van der Waals surface area contributed by atoms with Gasteiger partial charge in [0.2, 0.25) is 0 Å². The van der Waals surface area contributed by atoms with Gasteiger partial charge in [0.15, 0.2) is 5.13 Å². The second kappa shape index (κ2) is 8.51. The molecule has 0 amide bonds. The Morgan fingerprint density at radius 2 is 1.84 bits per heavy atom. The third-order valence-corrected chi connectivity index (χ3v) is 9.19. The molecule has 7 rings (SSSR count). The summed E-state index contributed by atoms with van der Waals surface area (Å²) in [6, 6.07) is 3.23. The standard InChI is InChI=1S/C26H21Cl2N5O3S/c27-15-11-29-12-16(28)20(15)21-19(22(36-32-21)13-1-2-13)14-9-26(10-14)5-7-33(8-6-26)25-31-17-3-4-18(24(34)35)30-23(17)37-25/h3-4,9,11-13H,1-2,5-8,10H2,(H,34,35). The molecule has 1 N–H and O–H groups in total. The largest absolute Gasteiger partial charge is 0.477 e. The fraction of sp³-hybridized carbons (Fsp3) is 0.346. The van der Waals surface area contributed by atoms with Crippen molar-refractivity contribution in [2.24, 2.45) is 5.41 Å². The fourth-order valence-electron chi connectivity index (χ4n) is 5.45. The molecule has 2 fully saturated rings. The number of piperidine rings is 1. The first-order valence-corrected chi connectivity index (χ1v) is 13.7. The molecule has 1 saturated heterocycles. The number of aromatic carboxylic acids is 1. The van der Waals surface area contributed by atoms with E-state index in [-0.39, 0.29) is 11.1 Å². The second-order valence-corrected chi connectivity index (χ2v) is 11.8. The number of halogens is 2. The molecule has 0 unspecified atom stereocenters. The van der Waals surface area contributed by atoms with Crippen molar-refractivity contribution in [3.8, 4) is 11.3 Å². The van der Waals surface area contributed by atoms with E-state index >= 15 is 0 Å². The van der Waals surface area contributed by atoms with Gasteiger partial charge in [-0.1, -0.05) is 45.8 Å². The molecule has 4 aromatic rings. The number of carboxylic acid groups (broad SMARTS) is 1. The van der Waals surface area contributed by atoms with Gasteiger partial charge in [0.05, 0.1) is 10.0 Å². The summed E-state index contributed by atoms with van der Waals surface area (Å²) in [7, 11) is 0. The first-order chi connectivity index (χ1) is 17.9. The molecule has 3 aliphatic rings. The summed E-state index contributed by atoms with van der Waals surface area (Å²) in [4.78, 5) is 27.2. The van der Waals surface area contributed by atoms with Gasteiger partial charge in [-0.3, -0.25) is 4.98 Å². The lowest BCUT2D eigenvalue weighted by Crippen LogP contribution is -2.42. The number of carboxylic acids is 1. The molecular weight excluding hydrogens is 533 g/mol. The summed E-state index contributed by atoms with van der Waals surface area (Å²) in [5.41, 5.74) is 4.60. The van der Waals surface area contributed by atoms with Gasteiger partial charge in [0.1, 0.15) is 27.5 Å². The van der Waals surface area contributed by atoms with Crippen LogP contribution in [0.4, 0.5) is 5.13 Å². The molecular formula is C26H21Cl2N5O3S. The SMILES string of the molecule is O=C(O)c1ccc2nc(N3CCC4(C=C(c5c(-c6c(Cl)cncc6Cl)noc5C5CC5)C4)CC3)sc2n1. The molecule has 1 spiro atoms. The van der Waals surface area contributed by atoms with E-state index in [1.165, 1.54) is 23.0 Å². The minimum absolute atomic E-state index is 0.0421. The smallest absolute Gasteiger partial charge is 0.354 e. The fourth-order valence-corrected chi connectivity index (χ4v) is 6.98. The molecule has 8 nitrogen and oxygen atoms in total. The summed E-state index contributed by atoms with van der Waals surface area (Å²) >= 11 is 14.4. The molecule has 11 heteroatoms. The van der Waals surface area contributed by atoms with Crippen molar-refractivity contribution in [2.45, 2.75) is 38.0 Å². The third-order valence-electron chi connectivity index (χ3n) is 7.59. The molecule has 5 heterocycles. The number of carbonyl (C=O) groups is 1. The Balaban J connectivity index is 1.14. The summed E-state index contributed by atoms with van der Waals surface area (Å²) < 4.78 is 5.86. The average molecular weight is 554 g/mol. The van der Waals surface area contributed by atoms with Crippen LogP contribution in [0.15, 0.2) is 35.1 Å². The van der Waals surface area contributed by atoms with Crippen LogP contribution in [-0.4, -0.2) is 44.3 Å². The Labute approximate surface area is 225 Å². The predicted molar refractivity (Wildman–Crippen MR) is 143 cm³/mol. The number of aromatic nitrogens is 4. The molecule has 0 bridgehead atoms. The van der Waals surface area contributed by atoms with E-state index in [0.29, 0.717) is 32.1 Å². The van der Waals surface area contributed by atoms with Crippen molar-refractivity contribution in [3.05, 3.63) is 57.7 Å². The van der Waals surface area contributed by atoms with Crippen LogP contribution >= 0.6 is 34.5 Å². The van der Waals surface area contributed by atoms with Crippen molar-refractivity contribution in [1.82, 2.24) is 20.1 Å². The van der Waals surface area contributed by atoms with E-state index < -0.39 is 5.97 Å². The van der Waals surface area contributed by atoms with Crippen molar-refractivity contribution in [3.63, 3.8) is 0 Å². The van der Waals surface area contributed by atoms with Crippen LogP contribution in [-0.2, 0) is 0 Å². The van der Waals surface area contributed by atoms with Gasteiger partial charge in [0.25, 0.3) is 0 Å². The maximum atomic E-state index is 11.3. The number of pyridine rings is 2. The zero-order valence-electron chi connectivity index (χ0n) is 19.6. The number of thiazole rings is 1. The number of fused-ring (bicyclic) bond motifs is 1. The number of hydrogen-bond acceptors (Lipinski definition) is 8. The predicted octanol–water partition coefficient (Wildman–Crippen LogP) is 6.70. The van der Waals surface area contributed by atoms with E-state index in [1.54, 1.807) is 18.5 Å². The van der Waals surface area contributed by atoms with Crippen LogP contribution < -0.4 is 4.90 Å². The molecule has 2 aliphatic carbocycles. The third kappa shape index (κ3) is 3.91. The number of nitrogens with zero attached hydrogens (tertiary/aromatic N) is 5. The Morgan fingerprint density at radius 3 is 2.51 bits per heavy atom. The van der Waals surface area contributed by atoms with Gasteiger partial charge < -0.3 is 14.5 Å². The Morgan fingerprint density at radius 1 is 1.11 bits per heavy atom. The highest BCUT2D eigenvalue weighted by Gasteiger charge is 2.44. The van der Waals surface area contributed by atoms with E-state index in [4.69, 9.17) is 32.7 Å². The molecule has 1 aliphatic heterocycles. The molecule has 0 atom stereocenters. The first-order valence-electron chi connectivity index (χ1n) is 12.2. The quantitative estimate of drug-likeness (QED) is 0.291. The maximum absolute atomic E-state index is 11.3. The Hall–Kier alpha value is -3.01. The first kappa shape index (κ1) is 23.1. The van der Waals surface area contributed by atoms with Crippen molar-refractivity contribution < 1.29 is 14.4 Å². The molecule has 37 heavy (non-hydrogen) atoms. The highest BCUT2D eigenvalue weighted by Crippen LogP contribution is 2.56. The van der Waals surface area contributed by atoms with Gasteiger partial charge >= 0.3 is 5.97 Å². The van der Waals surface area contributed by atoms with Crippen molar-refractivity contribution >= 4 is 61.6 Å². The molecule has 0 aromatic carbocycles. The van der Waals surface area contributed by atoms with Gasteiger partial charge in [-0.05, 0) is 55.2 Å². The summed E-state index contributed by atoms with van der Waals surface area (Å²) in [5, 5.41) is 15.5. The van der Waals surface area contributed by atoms with E-state index in [2.05, 4.69) is 26.1 Å².